The molecule has 2 aliphatic heterocycles. The average Bonchev–Trinajstić information content (AvgIpc) is 3.43. The molecule has 0 radical (unpaired) electrons. The van der Waals surface area contributed by atoms with Crippen LogP contribution in [0, 0.1) is 0 Å². The molecule has 5 nitrogen and oxygen atoms in total. The van der Waals surface area contributed by atoms with E-state index in [0.717, 1.165) is 82.6 Å². The Kier molecular flexibility index (Phi) is 9.27. The Labute approximate surface area is 276 Å². The highest BCUT2D eigenvalue weighted by Crippen LogP contribution is 2.66. The molecule has 3 aromatic carbocycles. The summed E-state index contributed by atoms with van der Waals surface area (Å²) < 4.78 is 13.1. The van der Waals surface area contributed by atoms with Crippen molar-refractivity contribution in [3.8, 4) is 11.5 Å². The third-order valence-electron chi connectivity index (χ3n) is 11.8. The van der Waals surface area contributed by atoms with Gasteiger partial charge in [-0.15, -0.1) is 6.58 Å². The lowest BCUT2D eigenvalue weighted by Gasteiger charge is -2.65. The van der Waals surface area contributed by atoms with Crippen LogP contribution in [0.5, 0.6) is 11.5 Å². The Balaban J connectivity index is 1.13. The Morgan fingerprint density at radius 1 is 0.913 bits per heavy atom. The molecule has 1 N–H and O–H groups in total. The maximum Gasteiger partial charge on any atom is 0.165 e. The van der Waals surface area contributed by atoms with Gasteiger partial charge < -0.3 is 14.6 Å². The fourth-order valence-electron chi connectivity index (χ4n) is 9.73. The summed E-state index contributed by atoms with van der Waals surface area (Å²) in [6, 6.07) is 26.5. The first-order valence-corrected chi connectivity index (χ1v) is 17.9. The largest absolute Gasteiger partial charge is 0.493 e. The maximum atomic E-state index is 12.9. The number of methoxy groups -OCH3 is 1. The highest BCUT2D eigenvalue weighted by molar-refractivity contribution is 5.63. The average molecular weight is 621 g/mol. The standard InChI is InChI=1S/C41H52N2O3/c1-3-26-43-29-25-40-37-33-21-22-35(45-2)38(37)46-39(40)34(23-24-41(40,44)36(43)30-33)42(28-14-20-32-18-11-7-12-19-32)27-13-5-4-8-15-31-16-9-6-10-17-31/h3,6-7,9-12,16-19,21-22,34,36,39,44H,1,4-5,8,13-15,20,23-30H2,2H3/t34-,36+,39-,40-,41+/m0/s1. The van der Waals surface area contributed by atoms with Crippen molar-refractivity contribution >= 4 is 0 Å². The molecule has 1 saturated heterocycles. The third kappa shape index (κ3) is 5.48. The molecule has 4 aliphatic rings. The van der Waals surface area contributed by atoms with Gasteiger partial charge in [-0.05, 0) is 100 Å². The molecule has 5 atom stereocenters. The van der Waals surface area contributed by atoms with Crippen LogP contribution in [0.2, 0.25) is 0 Å². The lowest BCUT2D eigenvalue weighted by molar-refractivity contribution is -0.198. The molecule has 5 heteroatoms. The summed E-state index contributed by atoms with van der Waals surface area (Å²) >= 11 is 0. The van der Waals surface area contributed by atoms with Crippen LogP contribution in [0.15, 0.2) is 85.5 Å². The van der Waals surface area contributed by atoms with Gasteiger partial charge in [0.25, 0.3) is 0 Å². The molecule has 2 heterocycles. The van der Waals surface area contributed by atoms with E-state index in [9.17, 15) is 5.11 Å². The van der Waals surface area contributed by atoms with Crippen LogP contribution < -0.4 is 9.47 Å². The first-order valence-electron chi connectivity index (χ1n) is 17.9. The number of hydrogen-bond donors (Lipinski definition) is 1. The van der Waals surface area contributed by atoms with Crippen LogP contribution in [-0.2, 0) is 24.7 Å². The molecule has 1 spiro atoms. The van der Waals surface area contributed by atoms with E-state index in [1.54, 1.807) is 7.11 Å². The minimum absolute atomic E-state index is 0.0780. The summed E-state index contributed by atoms with van der Waals surface area (Å²) in [5.41, 5.74) is 4.19. The maximum absolute atomic E-state index is 12.9. The zero-order chi connectivity index (χ0) is 31.6. The number of piperidine rings is 1. The van der Waals surface area contributed by atoms with Gasteiger partial charge in [-0.3, -0.25) is 9.80 Å². The number of unbranched alkanes of at least 4 members (excludes halogenated alkanes) is 3. The van der Waals surface area contributed by atoms with Gasteiger partial charge in [0.15, 0.2) is 11.5 Å². The van der Waals surface area contributed by atoms with Gasteiger partial charge in [-0.1, -0.05) is 85.6 Å². The highest BCUT2D eigenvalue weighted by Gasteiger charge is 2.73. The molecule has 0 amide bonds. The first-order chi connectivity index (χ1) is 22.6. The highest BCUT2D eigenvalue weighted by atomic mass is 16.5. The Hall–Kier alpha value is -3.12. The quantitative estimate of drug-likeness (QED) is 0.145. The van der Waals surface area contributed by atoms with Gasteiger partial charge in [0.1, 0.15) is 6.10 Å². The lowest BCUT2D eigenvalue weighted by atomic mass is 9.48. The summed E-state index contributed by atoms with van der Waals surface area (Å²) in [6.07, 6.45) is 13.7. The van der Waals surface area contributed by atoms with Gasteiger partial charge in [0.2, 0.25) is 0 Å². The number of nitrogens with zero attached hydrogens (tertiary/aromatic N) is 2. The van der Waals surface area contributed by atoms with E-state index >= 15 is 0 Å². The van der Waals surface area contributed by atoms with Crippen LogP contribution in [0.4, 0.5) is 0 Å². The van der Waals surface area contributed by atoms with Crippen LogP contribution in [0.1, 0.15) is 73.6 Å². The Bertz CT molecular complexity index is 1480. The predicted molar refractivity (Wildman–Crippen MR) is 186 cm³/mol. The zero-order valence-corrected chi connectivity index (χ0v) is 27.7. The van der Waals surface area contributed by atoms with Gasteiger partial charge in [0, 0.05) is 24.2 Å². The number of ether oxygens (including phenoxy) is 2. The van der Waals surface area contributed by atoms with E-state index in [1.807, 2.05) is 6.08 Å². The van der Waals surface area contributed by atoms with Crippen molar-refractivity contribution in [1.82, 2.24) is 9.80 Å². The number of rotatable bonds is 15. The molecule has 0 aromatic heterocycles. The van der Waals surface area contributed by atoms with Crippen molar-refractivity contribution in [2.45, 2.75) is 99.8 Å². The van der Waals surface area contributed by atoms with Crippen LogP contribution in [-0.4, -0.2) is 72.0 Å². The predicted octanol–water partition coefficient (Wildman–Crippen LogP) is 7.14. The molecule has 2 aliphatic carbocycles. The summed E-state index contributed by atoms with van der Waals surface area (Å²) in [4.78, 5) is 5.24. The summed E-state index contributed by atoms with van der Waals surface area (Å²) in [6.45, 7) is 7.94. The molecule has 2 bridgehead atoms. The minimum atomic E-state index is -0.826. The van der Waals surface area contributed by atoms with Gasteiger partial charge in [0.05, 0.1) is 18.1 Å². The SMILES string of the molecule is C=CCN1CC[C@]23c4c5ccc(OC)c4O[C@H]2[C@@H](N(CCCCCCc2ccccc2)CCCc2ccccc2)CC[C@@]3(O)[C@H]1C5. The van der Waals surface area contributed by atoms with E-state index < -0.39 is 11.0 Å². The number of hydrogen-bond acceptors (Lipinski definition) is 5. The van der Waals surface area contributed by atoms with Gasteiger partial charge >= 0.3 is 0 Å². The second kappa shape index (κ2) is 13.5. The van der Waals surface area contributed by atoms with E-state index in [-0.39, 0.29) is 18.2 Å². The van der Waals surface area contributed by atoms with Gasteiger partial charge in [-0.25, -0.2) is 0 Å². The molecule has 244 valence electrons. The van der Waals surface area contributed by atoms with Crippen molar-refractivity contribution in [3.63, 3.8) is 0 Å². The Morgan fingerprint density at radius 2 is 1.61 bits per heavy atom. The number of aryl methyl sites for hydroxylation is 2. The zero-order valence-electron chi connectivity index (χ0n) is 27.7. The number of aliphatic hydroxyl groups is 1. The summed E-state index contributed by atoms with van der Waals surface area (Å²) in [5, 5.41) is 12.9. The van der Waals surface area contributed by atoms with E-state index in [1.165, 1.54) is 47.9 Å². The first kappa shape index (κ1) is 31.5. The molecule has 0 unspecified atom stereocenters. The van der Waals surface area contributed by atoms with Crippen LogP contribution >= 0.6 is 0 Å². The molecule has 46 heavy (non-hydrogen) atoms. The van der Waals surface area contributed by atoms with E-state index in [0.29, 0.717) is 0 Å². The van der Waals surface area contributed by atoms with Crippen molar-refractivity contribution in [2.24, 2.45) is 0 Å². The normalized spacial score (nSPS) is 27.7. The second-order valence-electron chi connectivity index (χ2n) is 14.2. The lowest BCUT2D eigenvalue weighted by Crippen LogP contribution is -2.78. The van der Waals surface area contributed by atoms with Crippen molar-refractivity contribution in [1.29, 1.82) is 0 Å². The molecule has 7 rings (SSSR count). The van der Waals surface area contributed by atoms with E-state index in [4.69, 9.17) is 9.47 Å². The molecule has 2 fully saturated rings. The third-order valence-corrected chi connectivity index (χ3v) is 11.8. The van der Waals surface area contributed by atoms with Crippen LogP contribution in [0.3, 0.4) is 0 Å². The molecular weight excluding hydrogens is 568 g/mol. The number of likely N-dealkylation sites (tertiary alicyclic amines) is 1. The fraction of sp³-hybridized carbons (Fsp3) is 0.512. The second-order valence-corrected chi connectivity index (χ2v) is 14.2. The fourth-order valence-corrected chi connectivity index (χ4v) is 9.73. The monoisotopic (exact) mass is 620 g/mol. The van der Waals surface area contributed by atoms with Crippen LogP contribution in [0.25, 0.3) is 0 Å². The van der Waals surface area contributed by atoms with Gasteiger partial charge in [-0.2, -0.15) is 0 Å². The van der Waals surface area contributed by atoms with Crippen molar-refractivity contribution in [3.05, 3.63) is 108 Å². The van der Waals surface area contributed by atoms with Crippen molar-refractivity contribution < 1.29 is 14.6 Å². The minimum Gasteiger partial charge on any atom is -0.493 e. The van der Waals surface area contributed by atoms with E-state index in [2.05, 4.69) is 89.2 Å². The Morgan fingerprint density at radius 3 is 2.33 bits per heavy atom. The molecule has 1 saturated carbocycles. The summed E-state index contributed by atoms with van der Waals surface area (Å²) in [7, 11) is 1.75. The molecule has 3 aromatic rings. The topological polar surface area (TPSA) is 45.2 Å². The molecular formula is C41H52N2O3. The van der Waals surface area contributed by atoms with Crippen molar-refractivity contribution in [2.75, 3.05) is 33.3 Å². The number of benzene rings is 3. The summed E-state index contributed by atoms with van der Waals surface area (Å²) in [5.74, 6) is 1.71. The smallest absolute Gasteiger partial charge is 0.165 e.